The van der Waals surface area contributed by atoms with Crippen LogP contribution in [0, 0.1) is 0 Å². The highest BCUT2D eigenvalue weighted by molar-refractivity contribution is 5.89. The molecule has 3 rings (SSSR count). The van der Waals surface area contributed by atoms with Crippen LogP contribution >= 0.6 is 0 Å². The predicted molar refractivity (Wildman–Crippen MR) is 118 cm³/mol. The minimum absolute atomic E-state index is 0.0907. The molecule has 3 aromatic rings. The largest absolute Gasteiger partial charge is 0.508 e. The zero-order valence-corrected chi connectivity index (χ0v) is 18.0. The standard InChI is InChI=1S/C25H26O6/c1-28-19-8-5-16(6-9-19)11-22(18-12-20(29-2)15-21(13-18)30-3)23-14-17(25(27)31-4)7-10-24(23)26/h5-10,12-15,22,26H,11H2,1-4H3. The molecule has 0 saturated carbocycles. The van der Waals surface area contributed by atoms with E-state index in [2.05, 4.69) is 0 Å². The minimum Gasteiger partial charge on any atom is -0.508 e. The number of rotatable bonds is 8. The van der Waals surface area contributed by atoms with Crippen molar-refractivity contribution in [3.8, 4) is 23.0 Å². The van der Waals surface area contributed by atoms with Crippen LogP contribution in [0.4, 0.5) is 0 Å². The van der Waals surface area contributed by atoms with E-state index >= 15 is 0 Å². The zero-order valence-electron chi connectivity index (χ0n) is 18.0. The number of esters is 1. The number of aromatic hydroxyl groups is 1. The second-order valence-electron chi connectivity index (χ2n) is 7.02. The SMILES string of the molecule is COC(=O)c1ccc(O)c(C(Cc2ccc(OC)cc2)c2cc(OC)cc(OC)c2)c1. The summed E-state index contributed by atoms with van der Waals surface area (Å²) in [6.07, 6.45) is 0.568. The van der Waals surface area contributed by atoms with Crippen LogP contribution in [0.5, 0.6) is 23.0 Å². The Hall–Kier alpha value is -3.67. The summed E-state index contributed by atoms with van der Waals surface area (Å²) < 4.78 is 21.0. The first kappa shape index (κ1) is 22.0. The van der Waals surface area contributed by atoms with E-state index in [0.717, 1.165) is 16.9 Å². The van der Waals surface area contributed by atoms with Gasteiger partial charge in [0.05, 0.1) is 34.0 Å². The second kappa shape index (κ2) is 9.89. The Morgan fingerprint density at radius 1 is 0.806 bits per heavy atom. The van der Waals surface area contributed by atoms with Crippen molar-refractivity contribution in [2.24, 2.45) is 0 Å². The van der Waals surface area contributed by atoms with E-state index in [4.69, 9.17) is 18.9 Å². The lowest BCUT2D eigenvalue weighted by Crippen LogP contribution is -2.09. The van der Waals surface area contributed by atoms with Gasteiger partial charge in [0.25, 0.3) is 0 Å². The predicted octanol–water partition coefficient (Wildman–Crippen LogP) is 4.58. The molecule has 31 heavy (non-hydrogen) atoms. The lowest BCUT2D eigenvalue weighted by atomic mass is 9.84. The molecule has 0 aliphatic carbocycles. The molecule has 0 heterocycles. The summed E-state index contributed by atoms with van der Waals surface area (Å²) in [6, 6.07) is 18.1. The molecule has 0 aliphatic rings. The van der Waals surface area contributed by atoms with Gasteiger partial charge in [-0.15, -0.1) is 0 Å². The number of ether oxygens (including phenoxy) is 4. The molecule has 0 saturated heterocycles. The first-order chi connectivity index (χ1) is 15.0. The van der Waals surface area contributed by atoms with Gasteiger partial charge in [0, 0.05) is 17.5 Å². The third-order valence-corrected chi connectivity index (χ3v) is 5.20. The maximum absolute atomic E-state index is 12.1. The fourth-order valence-corrected chi connectivity index (χ4v) is 3.51. The minimum atomic E-state index is -0.465. The van der Waals surface area contributed by atoms with Crippen LogP contribution in [0.3, 0.4) is 0 Å². The molecular formula is C25H26O6. The van der Waals surface area contributed by atoms with Crippen molar-refractivity contribution in [2.75, 3.05) is 28.4 Å². The Morgan fingerprint density at radius 2 is 1.42 bits per heavy atom. The maximum Gasteiger partial charge on any atom is 0.337 e. The molecule has 1 atom stereocenters. The van der Waals surface area contributed by atoms with E-state index < -0.39 is 5.97 Å². The maximum atomic E-state index is 12.1. The van der Waals surface area contributed by atoms with Gasteiger partial charge in [0.2, 0.25) is 0 Å². The molecule has 6 heteroatoms. The van der Waals surface area contributed by atoms with Gasteiger partial charge in [-0.25, -0.2) is 4.79 Å². The number of phenols is 1. The molecule has 0 bridgehead atoms. The summed E-state index contributed by atoms with van der Waals surface area (Å²) in [5.41, 5.74) is 2.89. The van der Waals surface area contributed by atoms with Crippen molar-refractivity contribution < 1.29 is 28.8 Å². The van der Waals surface area contributed by atoms with Crippen LogP contribution in [-0.4, -0.2) is 39.5 Å². The molecule has 0 radical (unpaired) electrons. The van der Waals surface area contributed by atoms with E-state index in [0.29, 0.717) is 29.0 Å². The molecule has 162 valence electrons. The topological polar surface area (TPSA) is 74.2 Å². The van der Waals surface area contributed by atoms with Gasteiger partial charge in [-0.05, 0) is 60.0 Å². The van der Waals surface area contributed by atoms with E-state index in [1.807, 2.05) is 36.4 Å². The van der Waals surface area contributed by atoms with Crippen LogP contribution in [0.2, 0.25) is 0 Å². The highest BCUT2D eigenvalue weighted by atomic mass is 16.5. The van der Waals surface area contributed by atoms with Crippen molar-refractivity contribution in [1.29, 1.82) is 0 Å². The van der Waals surface area contributed by atoms with Gasteiger partial charge >= 0.3 is 5.97 Å². The fraction of sp³-hybridized carbons (Fsp3) is 0.240. The Morgan fingerprint density at radius 3 is 1.97 bits per heavy atom. The Kier molecular flexibility index (Phi) is 7.03. The van der Waals surface area contributed by atoms with E-state index in [-0.39, 0.29) is 11.7 Å². The lowest BCUT2D eigenvalue weighted by molar-refractivity contribution is 0.0600. The third kappa shape index (κ3) is 5.09. The molecule has 1 N–H and O–H groups in total. The summed E-state index contributed by atoms with van der Waals surface area (Å²) in [7, 11) is 6.13. The summed E-state index contributed by atoms with van der Waals surface area (Å²) in [4.78, 5) is 12.1. The van der Waals surface area contributed by atoms with Crippen LogP contribution in [0.25, 0.3) is 0 Å². The number of benzene rings is 3. The van der Waals surface area contributed by atoms with Gasteiger partial charge < -0.3 is 24.1 Å². The van der Waals surface area contributed by atoms with Crippen molar-refractivity contribution in [3.05, 3.63) is 82.9 Å². The molecule has 0 spiro atoms. The quantitative estimate of drug-likeness (QED) is 0.536. The van der Waals surface area contributed by atoms with Gasteiger partial charge in [0.15, 0.2) is 0 Å². The molecule has 0 fully saturated rings. The van der Waals surface area contributed by atoms with Crippen molar-refractivity contribution in [3.63, 3.8) is 0 Å². The van der Waals surface area contributed by atoms with E-state index in [9.17, 15) is 9.90 Å². The van der Waals surface area contributed by atoms with Crippen LogP contribution < -0.4 is 14.2 Å². The number of hydrogen-bond donors (Lipinski definition) is 1. The highest BCUT2D eigenvalue weighted by Crippen LogP contribution is 2.38. The van der Waals surface area contributed by atoms with Crippen LogP contribution in [0.1, 0.15) is 33.0 Å². The fourth-order valence-electron chi connectivity index (χ4n) is 3.51. The van der Waals surface area contributed by atoms with E-state index in [1.165, 1.54) is 13.2 Å². The van der Waals surface area contributed by atoms with Gasteiger partial charge in [-0.3, -0.25) is 0 Å². The van der Waals surface area contributed by atoms with Crippen molar-refractivity contribution in [2.45, 2.75) is 12.3 Å². The van der Waals surface area contributed by atoms with Gasteiger partial charge in [0.1, 0.15) is 23.0 Å². The summed E-state index contributed by atoms with van der Waals surface area (Å²) in [6.45, 7) is 0. The monoisotopic (exact) mass is 422 g/mol. The summed E-state index contributed by atoms with van der Waals surface area (Å²) in [5.74, 6) is 1.39. The van der Waals surface area contributed by atoms with Gasteiger partial charge in [-0.1, -0.05) is 12.1 Å². The highest BCUT2D eigenvalue weighted by Gasteiger charge is 2.22. The third-order valence-electron chi connectivity index (χ3n) is 5.20. The second-order valence-corrected chi connectivity index (χ2v) is 7.02. The average Bonchev–Trinajstić information content (AvgIpc) is 2.82. The number of phenolic OH excluding ortho intramolecular Hbond substituents is 1. The van der Waals surface area contributed by atoms with Gasteiger partial charge in [-0.2, -0.15) is 0 Å². The summed E-state index contributed by atoms with van der Waals surface area (Å²) >= 11 is 0. The number of hydrogen-bond acceptors (Lipinski definition) is 6. The molecule has 1 unspecified atom stereocenters. The van der Waals surface area contributed by atoms with E-state index in [1.54, 1.807) is 39.5 Å². The van der Waals surface area contributed by atoms with Crippen molar-refractivity contribution in [1.82, 2.24) is 0 Å². The smallest absolute Gasteiger partial charge is 0.337 e. The molecule has 0 amide bonds. The lowest BCUT2D eigenvalue weighted by Gasteiger charge is -2.21. The number of carbonyl (C=O) groups is 1. The molecule has 3 aromatic carbocycles. The van der Waals surface area contributed by atoms with Crippen LogP contribution in [-0.2, 0) is 11.2 Å². The van der Waals surface area contributed by atoms with Crippen LogP contribution in [0.15, 0.2) is 60.7 Å². The summed E-state index contributed by atoms with van der Waals surface area (Å²) in [5, 5.41) is 10.7. The Balaban J connectivity index is 2.13. The molecular weight excluding hydrogens is 396 g/mol. The Bertz CT molecular complexity index is 1020. The molecule has 6 nitrogen and oxygen atoms in total. The zero-order chi connectivity index (χ0) is 22.4. The van der Waals surface area contributed by atoms with Crippen molar-refractivity contribution >= 4 is 5.97 Å². The molecule has 0 aliphatic heterocycles. The first-order valence-corrected chi connectivity index (χ1v) is 9.76. The molecule has 0 aromatic heterocycles. The number of methoxy groups -OCH3 is 4. The normalized spacial score (nSPS) is 11.5. The first-order valence-electron chi connectivity index (χ1n) is 9.76. The average molecular weight is 422 g/mol. The Labute approximate surface area is 182 Å². The number of carbonyl (C=O) groups excluding carboxylic acids is 1.